The van der Waals surface area contributed by atoms with Gasteiger partial charge >= 0.3 is 0 Å². The molecule has 0 aromatic heterocycles. The first-order valence-corrected chi connectivity index (χ1v) is 5.37. The van der Waals surface area contributed by atoms with Crippen molar-refractivity contribution < 1.29 is 14.4 Å². The van der Waals surface area contributed by atoms with E-state index in [0.29, 0.717) is 10.6 Å². The van der Waals surface area contributed by atoms with Crippen LogP contribution in [0.1, 0.15) is 16.8 Å². The molecule has 0 aliphatic heterocycles. The minimum Gasteiger partial charge on any atom is -0.352 e. The molecule has 0 atom stereocenters. The summed E-state index contributed by atoms with van der Waals surface area (Å²) in [6.45, 7) is 0.247. The maximum absolute atomic E-state index is 11.6. The predicted molar refractivity (Wildman–Crippen MR) is 63.6 cm³/mol. The van der Waals surface area contributed by atoms with E-state index >= 15 is 0 Å². The Bertz CT molecular complexity index is 392. The van der Waals surface area contributed by atoms with Gasteiger partial charge in [0, 0.05) is 23.6 Å². The Morgan fingerprint density at radius 3 is 2.53 bits per heavy atom. The van der Waals surface area contributed by atoms with Gasteiger partial charge in [0.2, 0.25) is 5.91 Å². The normalized spacial score (nSPS) is 9.76. The van der Waals surface area contributed by atoms with Crippen molar-refractivity contribution in [1.82, 2.24) is 10.8 Å². The van der Waals surface area contributed by atoms with E-state index in [0.717, 1.165) is 0 Å². The van der Waals surface area contributed by atoms with Gasteiger partial charge in [0.25, 0.3) is 5.91 Å². The Kier molecular flexibility index (Phi) is 5.45. The zero-order valence-electron chi connectivity index (χ0n) is 9.33. The Hall–Kier alpha value is -1.59. The third-order valence-electron chi connectivity index (χ3n) is 1.96. The quantitative estimate of drug-likeness (QED) is 0.777. The molecular formula is C11H13ClN2O3. The molecule has 17 heavy (non-hydrogen) atoms. The van der Waals surface area contributed by atoms with E-state index in [-0.39, 0.29) is 24.8 Å². The van der Waals surface area contributed by atoms with E-state index in [1.807, 2.05) is 0 Å². The summed E-state index contributed by atoms with van der Waals surface area (Å²) in [7, 11) is 1.35. The summed E-state index contributed by atoms with van der Waals surface area (Å²) in [4.78, 5) is 27.0. The molecule has 6 heteroatoms. The van der Waals surface area contributed by atoms with E-state index in [1.54, 1.807) is 24.3 Å². The van der Waals surface area contributed by atoms with Crippen LogP contribution in [0.15, 0.2) is 24.3 Å². The molecule has 0 spiro atoms. The fraction of sp³-hybridized carbons (Fsp3) is 0.273. The second-order valence-corrected chi connectivity index (χ2v) is 3.68. The van der Waals surface area contributed by atoms with Gasteiger partial charge in [-0.05, 0) is 24.3 Å². The second kappa shape index (κ2) is 6.88. The number of hydrogen-bond acceptors (Lipinski definition) is 3. The standard InChI is InChI=1S/C11H13ClN2O3/c1-17-14-10(15)6-7-13-11(16)8-2-4-9(12)5-3-8/h2-5H,6-7H2,1H3,(H,13,16)(H,14,15). The van der Waals surface area contributed by atoms with Gasteiger partial charge in [0.1, 0.15) is 0 Å². The van der Waals surface area contributed by atoms with E-state index in [1.165, 1.54) is 7.11 Å². The lowest BCUT2D eigenvalue weighted by atomic mass is 10.2. The van der Waals surface area contributed by atoms with Crippen LogP contribution >= 0.6 is 11.6 Å². The van der Waals surface area contributed by atoms with Gasteiger partial charge in [-0.2, -0.15) is 0 Å². The Morgan fingerprint density at radius 2 is 1.94 bits per heavy atom. The van der Waals surface area contributed by atoms with Crippen molar-refractivity contribution in [1.29, 1.82) is 0 Å². The topological polar surface area (TPSA) is 67.4 Å². The summed E-state index contributed by atoms with van der Waals surface area (Å²) in [5.41, 5.74) is 2.66. The smallest absolute Gasteiger partial charge is 0.251 e. The number of nitrogens with one attached hydrogen (secondary N) is 2. The SMILES string of the molecule is CONC(=O)CCNC(=O)c1ccc(Cl)cc1. The van der Waals surface area contributed by atoms with Crippen LogP contribution in [0.5, 0.6) is 0 Å². The van der Waals surface area contributed by atoms with Crippen LogP contribution in [-0.2, 0) is 9.63 Å². The summed E-state index contributed by atoms with van der Waals surface area (Å²) >= 11 is 5.70. The second-order valence-electron chi connectivity index (χ2n) is 3.24. The van der Waals surface area contributed by atoms with Gasteiger partial charge in [0.15, 0.2) is 0 Å². The highest BCUT2D eigenvalue weighted by atomic mass is 35.5. The Morgan fingerprint density at radius 1 is 1.29 bits per heavy atom. The minimum atomic E-state index is -0.288. The number of carbonyl (C=O) groups is 2. The number of amides is 2. The van der Waals surface area contributed by atoms with Gasteiger partial charge in [-0.3, -0.25) is 14.4 Å². The molecule has 0 unspecified atom stereocenters. The van der Waals surface area contributed by atoms with Crippen molar-refractivity contribution in [3.05, 3.63) is 34.9 Å². The predicted octanol–water partition coefficient (Wildman–Crippen LogP) is 1.14. The van der Waals surface area contributed by atoms with Crippen LogP contribution in [0.25, 0.3) is 0 Å². The van der Waals surface area contributed by atoms with Gasteiger partial charge in [-0.25, -0.2) is 5.48 Å². The Labute approximate surface area is 104 Å². The number of rotatable bonds is 5. The Balaban J connectivity index is 2.35. The lowest BCUT2D eigenvalue weighted by molar-refractivity contribution is -0.131. The van der Waals surface area contributed by atoms with Gasteiger partial charge in [-0.1, -0.05) is 11.6 Å². The first kappa shape index (κ1) is 13.5. The summed E-state index contributed by atoms with van der Waals surface area (Å²) in [6.07, 6.45) is 0.160. The molecule has 0 fully saturated rings. The van der Waals surface area contributed by atoms with Gasteiger partial charge < -0.3 is 5.32 Å². The molecule has 0 radical (unpaired) electrons. The zero-order chi connectivity index (χ0) is 12.7. The molecule has 0 heterocycles. The lowest BCUT2D eigenvalue weighted by Gasteiger charge is -2.05. The molecule has 92 valence electrons. The first-order chi connectivity index (χ1) is 8.13. The number of hydrogen-bond donors (Lipinski definition) is 2. The monoisotopic (exact) mass is 256 g/mol. The molecule has 0 saturated carbocycles. The molecule has 0 aliphatic carbocycles. The highest BCUT2D eigenvalue weighted by Crippen LogP contribution is 2.09. The van der Waals surface area contributed by atoms with Crippen LogP contribution in [0, 0.1) is 0 Å². The highest BCUT2D eigenvalue weighted by molar-refractivity contribution is 6.30. The van der Waals surface area contributed by atoms with Crippen molar-refractivity contribution in [3.8, 4) is 0 Å². The maximum Gasteiger partial charge on any atom is 0.251 e. The van der Waals surface area contributed by atoms with Crippen LogP contribution in [0.3, 0.4) is 0 Å². The molecule has 2 N–H and O–H groups in total. The summed E-state index contributed by atoms with van der Waals surface area (Å²) in [5, 5.41) is 3.18. The van der Waals surface area contributed by atoms with Crippen LogP contribution in [-0.4, -0.2) is 25.5 Å². The first-order valence-electron chi connectivity index (χ1n) is 4.99. The largest absolute Gasteiger partial charge is 0.352 e. The minimum absolute atomic E-state index is 0.160. The molecule has 1 aromatic rings. The molecule has 2 amide bonds. The van der Waals surface area contributed by atoms with Crippen molar-refractivity contribution in [2.45, 2.75) is 6.42 Å². The van der Waals surface area contributed by atoms with E-state index < -0.39 is 0 Å². The lowest BCUT2D eigenvalue weighted by Crippen LogP contribution is -2.30. The van der Waals surface area contributed by atoms with Crippen molar-refractivity contribution >= 4 is 23.4 Å². The van der Waals surface area contributed by atoms with Gasteiger partial charge in [-0.15, -0.1) is 0 Å². The fourth-order valence-electron chi connectivity index (χ4n) is 1.16. The van der Waals surface area contributed by atoms with E-state index in [9.17, 15) is 9.59 Å². The average Bonchev–Trinajstić information content (AvgIpc) is 2.30. The summed E-state index contributed by atoms with van der Waals surface area (Å²) in [6, 6.07) is 6.50. The molecule has 0 bridgehead atoms. The summed E-state index contributed by atoms with van der Waals surface area (Å²) < 4.78 is 0. The van der Waals surface area contributed by atoms with Crippen LogP contribution in [0.4, 0.5) is 0 Å². The number of halogens is 1. The average molecular weight is 257 g/mol. The molecule has 1 aromatic carbocycles. The molecule has 0 aliphatic rings. The maximum atomic E-state index is 11.6. The number of hydroxylamine groups is 1. The van der Waals surface area contributed by atoms with Crippen molar-refractivity contribution in [2.24, 2.45) is 0 Å². The molecule has 5 nitrogen and oxygen atoms in total. The van der Waals surface area contributed by atoms with Gasteiger partial charge in [0.05, 0.1) is 7.11 Å². The van der Waals surface area contributed by atoms with Crippen LogP contribution in [0.2, 0.25) is 5.02 Å². The van der Waals surface area contributed by atoms with Crippen LogP contribution < -0.4 is 10.8 Å². The third kappa shape index (κ3) is 4.84. The molecule has 1 rings (SSSR count). The fourth-order valence-corrected chi connectivity index (χ4v) is 1.28. The molecular weight excluding hydrogens is 244 g/mol. The van der Waals surface area contributed by atoms with E-state index in [4.69, 9.17) is 11.6 Å². The third-order valence-corrected chi connectivity index (χ3v) is 2.21. The highest BCUT2D eigenvalue weighted by Gasteiger charge is 2.06. The zero-order valence-corrected chi connectivity index (χ0v) is 10.1. The number of carbonyl (C=O) groups excluding carboxylic acids is 2. The van der Waals surface area contributed by atoms with Crippen molar-refractivity contribution in [2.75, 3.05) is 13.7 Å². The van der Waals surface area contributed by atoms with Crippen molar-refractivity contribution in [3.63, 3.8) is 0 Å². The summed E-state index contributed by atoms with van der Waals surface area (Å²) in [5.74, 6) is -0.532. The van der Waals surface area contributed by atoms with E-state index in [2.05, 4.69) is 15.6 Å². The molecule has 0 saturated heterocycles. The number of benzene rings is 1.